The molecule has 5 aliphatic rings. The number of anilines is 2. The molecule has 3 heterocycles. The van der Waals surface area contributed by atoms with Gasteiger partial charge in [0.1, 0.15) is 6.10 Å². The van der Waals surface area contributed by atoms with Crippen LogP contribution in [0.25, 0.3) is 11.2 Å². The van der Waals surface area contributed by atoms with Crippen LogP contribution < -0.4 is 16.0 Å². The lowest BCUT2D eigenvalue weighted by molar-refractivity contribution is -0.234. The molecule has 2 unspecified atom stereocenters. The molecular formula is C49H68Br2N6O6. The molecule has 0 saturated heterocycles. The number of carboxylic acid groups (broad SMARTS) is 1. The monoisotopic (exact) mass is 994 g/mol. The fourth-order valence-electron chi connectivity index (χ4n) is 13.1. The van der Waals surface area contributed by atoms with Crippen LogP contribution in [0.4, 0.5) is 11.6 Å². The number of ether oxygens (including phenoxy) is 1. The van der Waals surface area contributed by atoms with Crippen LogP contribution in [0, 0.1) is 39.9 Å². The van der Waals surface area contributed by atoms with Crippen molar-refractivity contribution in [2.75, 3.05) is 30.3 Å². The Labute approximate surface area is 389 Å². The summed E-state index contributed by atoms with van der Waals surface area (Å²) in [4.78, 5) is 36.7. The molecule has 14 heteroatoms. The van der Waals surface area contributed by atoms with Gasteiger partial charge in [-0.3, -0.25) is 4.79 Å². The number of allylic oxidation sites excluding steroid dienone is 2. The van der Waals surface area contributed by atoms with E-state index in [9.17, 15) is 24.9 Å². The Kier molecular flexibility index (Phi) is 14.6. The number of carboxylic acids is 1. The number of nitrogens with zero attached hydrogens (tertiary/aromatic N) is 2. The van der Waals surface area contributed by atoms with E-state index in [1.165, 1.54) is 18.2 Å². The Morgan fingerprint density at radius 2 is 1.81 bits per heavy atom. The molecular weight excluding hydrogens is 928 g/mol. The van der Waals surface area contributed by atoms with Crippen LogP contribution in [0.3, 0.4) is 0 Å². The van der Waals surface area contributed by atoms with Crippen LogP contribution in [0.15, 0.2) is 62.2 Å². The van der Waals surface area contributed by atoms with Crippen LogP contribution in [-0.4, -0.2) is 80.2 Å². The normalized spacial score (nSPS) is 33.9. The van der Waals surface area contributed by atoms with Gasteiger partial charge in [-0.15, -0.1) is 0 Å². The first-order chi connectivity index (χ1) is 29.9. The van der Waals surface area contributed by atoms with Crippen molar-refractivity contribution >= 4 is 66.6 Å². The second-order valence-electron chi connectivity index (χ2n) is 20.0. The van der Waals surface area contributed by atoms with Gasteiger partial charge in [0.2, 0.25) is 5.95 Å². The topological polar surface area (TPSA) is 182 Å². The molecule has 0 spiro atoms. The third-order valence-corrected chi connectivity index (χ3v) is 17.1. The number of aromatic amines is 1. The fraction of sp³-hybridized carbons (Fsp3) is 0.633. The van der Waals surface area contributed by atoms with Crippen LogP contribution in [0.2, 0.25) is 0 Å². The number of nitrogens with one attached hydrogen (secondary N) is 4. The molecule has 0 bridgehead atoms. The number of aromatic nitrogens is 3. The van der Waals surface area contributed by atoms with Gasteiger partial charge in [-0.1, -0.05) is 55.3 Å². The number of hydrogen-bond acceptors (Lipinski definition) is 10. The van der Waals surface area contributed by atoms with E-state index in [1.807, 2.05) is 32.1 Å². The van der Waals surface area contributed by atoms with Crippen LogP contribution in [0.1, 0.15) is 124 Å². The molecule has 7 N–H and O–H groups in total. The van der Waals surface area contributed by atoms with E-state index in [1.54, 1.807) is 6.20 Å². The average Bonchev–Trinajstić information content (AvgIpc) is 3.75. The van der Waals surface area contributed by atoms with Crippen molar-refractivity contribution in [3.63, 3.8) is 0 Å². The number of H-pyrrole nitrogens is 1. The van der Waals surface area contributed by atoms with E-state index < -0.39 is 24.1 Å². The van der Waals surface area contributed by atoms with E-state index in [-0.39, 0.29) is 40.1 Å². The number of halogens is 2. The van der Waals surface area contributed by atoms with Gasteiger partial charge in [-0.25, -0.2) is 9.78 Å². The summed E-state index contributed by atoms with van der Waals surface area (Å²) in [7, 11) is 0. The van der Waals surface area contributed by atoms with Crippen molar-refractivity contribution < 1.29 is 29.6 Å². The highest BCUT2D eigenvalue weighted by molar-refractivity contribution is 9.11. The molecule has 2 aromatic heterocycles. The Morgan fingerprint density at radius 1 is 1.03 bits per heavy atom. The van der Waals surface area contributed by atoms with Gasteiger partial charge in [0.25, 0.3) is 0 Å². The third-order valence-electron chi connectivity index (χ3n) is 16.1. The van der Waals surface area contributed by atoms with E-state index in [4.69, 9.17) is 4.74 Å². The quantitative estimate of drug-likeness (QED) is 0.0420. The van der Waals surface area contributed by atoms with E-state index in [2.05, 4.69) is 103 Å². The molecule has 4 fully saturated rings. The maximum Gasteiger partial charge on any atom is 0.331 e. The highest BCUT2D eigenvalue weighted by Gasteiger charge is 2.70. The molecule has 344 valence electrons. The summed E-state index contributed by atoms with van der Waals surface area (Å²) < 4.78 is 8.07. The zero-order chi connectivity index (χ0) is 45.4. The summed E-state index contributed by atoms with van der Waals surface area (Å²) in [6, 6.07) is 8.54. The summed E-state index contributed by atoms with van der Waals surface area (Å²) in [5, 5.41) is 43.4. The molecule has 1 aliphatic heterocycles. The lowest BCUT2D eigenvalue weighted by atomic mass is 9.36. The minimum Gasteiger partial charge on any atom is -0.478 e. The lowest BCUT2D eigenvalue weighted by Gasteiger charge is -2.69. The minimum absolute atomic E-state index is 0.0474. The SMILES string of the molecule is Brc1cc(Br)c2c(c1)C(NCCCNc1nc3ncccc3[nH]1)CCN2.CC(=O)O[C@H]1C[C@@]2(C)[C@@H](C[C@@H](O)C3[C@]2(C)CC[C@H]2[C@H](C)[C@H](O)CC[C@]32C)/C1=C(/CCC=C(C)C)C(=O)O. The zero-order valence-corrected chi connectivity index (χ0v) is 41.2. The smallest absolute Gasteiger partial charge is 0.331 e. The van der Waals surface area contributed by atoms with Crippen molar-refractivity contribution in [2.24, 2.45) is 39.9 Å². The first-order valence-electron chi connectivity index (χ1n) is 23.0. The summed E-state index contributed by atoms with van der Waals surface area (Å²) in [6.45, 7) is 17.2. The summed E-state index contributed by atoms with van der Waals surface area (Å²) >= 11 is 7.24. The Balaban J connectivity index is 0.000000200. The molecule has 4 saturated carbocycles. The number of pyridine rings is 1. The predicted molar refractivity (Wildman–Crippen MR) is 255 cm³/mol. The number of imidazole rings is 1. The van der Waals surface area contributed by atoms with Crippen LogP contribution in [-0.2, 0) is 14.3 Å². The van der Waals surface area contributed by atoms with Gasteiger partial charge in [-0.05, 0) is 176 Å². The first kappa shape index (κ1) is 47.7. The van der Waals surface area contributed by atoms with Gasteiger partial charge < -0.3 is 41.0 Å². The van der Waals surface area contributed by atoms with Crippen LogP contribution in [0.5, 0.6) is 0 Å². The number of fused-ring (bicyclic) bond motifs is 7. The van der Waals surface area contributed by atoms with Crippen molar-refractivity contribution in [3.05, 3.63) is 67.8 Å². The zero-order valence-electron chi connectivity index (χ0n) is 38.0. The molecule has 0 radical (unpaired) electrons. The molecule has 8 rings (SSSR count). The number of aliphatic hydroxyl groups excluding tert-OH is 2. The first-order valence-corrected chi connectivity index (χ1v) is 24.6. The van der Waals surface area contributed by atoms with Crippen molar-refractivity contribution in [1.82, 2.24) is 20.3 Å². The maximum absolute atomic E-state index is 12.6. The highest BCUT2D eigenvalue weighted by atomic mass is 79.9. The summed E-state index contributed by atoms with van der Waals surface area (Å²) in [5.74, 6) is -0.133. The number of carbonyl (C=O) groups excluding carboxylic acids is 1. The van der Waals surface area contributed by atoms with Gasteiger partial charge in [0.15, 0.2) is 5.65 Å². The number of aliphatic carboxylic acids is 1. The number of esters is 1. The number of rotatable bonds is 11. The van der Waals surface area contributed by atoms with Crippen molar-refractivity contribution in [2.45, 2.75) is 137 Å². The number of hydrogen-bond donors (Lipinski definition) is 7. The number of carbonyl (C=O) groups is 2. The molecule has 12 nitrogen and oxygen atoms in total. The Hall–Kier alpha value is -3.30. The summed E-state index contributed by atoms with van der Waals surface area (Å²) in [5.41, 5.74) is 5.78. The lowest BCUT2D eigenvalue weighted by Crippen LogP contribution is -2.65. The maximum atomic E-state index is 12.6. The summed E-state index contributed by atoms with van der Waals surface area (Å²) in [6.07, 6.45) is 10.1. The Morgan fingerprint density at radius 3 is 2.52 bits per heavy atom. The molecule has 63 heavy (non-hydrogen) atoms. The van der Waals surface area contributed by atoms with Gasteiger partial charge in [-0.2, -0.15) is 4.98 Å². The second-order valence-corrected chi connectivity index (χ2v) is 21.7. The Bertz CT molecular complexity index is 2190. The molecule has 3 aromatic rings. The van der Waals surface area contributed by atoms with Crippen molar-refractivity contribution in [3.8, 4) is 0 Å². The molecule has 0 amide bonds. The van der Waals surface area contributed by atoms with Crippen LogP contribution >= 0.6 is 31.9 Å². The number of aliphatic hydroxyl groups is 2. The third kappa shape index (κ3) is 9.40. The fourth-order valence-corrected chi connectivity index (χ4v) is 14.5. The predicted octanol–water partition coefficient (Wildman–Crippen LogP) is 10.1. The number of benzene rings is 1. The van der Waals surface area contributed by atoms with Gasteiger partial charge in [0, 0.05) is 46.8 Å². The average molecular weight is 997 g/mol. The highest BCUT2D eigenvalue weighted by Crippen LogP contribution is 2.74. The largest absolute Gasteiger partial charge is 0.478 e. The van der Waals surface area contributed by atoms with E-state index >= 15 is 0 Å². The standard InChI is InChI=1S/C31H48O6.C18H20Br2N6/c1-17(2)9-8-10-20(28(35)36)26-22-15-24(34)27-29(5)13-12-23(33)18(3)21(29)11-14-30(27,6)31(22,7)16-25(26)37-19(4)32;19-11-9-12-14(4-8-22-16(12)13(20)10-11)21-6-2-7-24-18-25-15-3-1-5-23-17(15)26-18/h9,18,21-25,27,33-34H,8,10-16H2,1-7H3,(H,35,36);1,3,5,9-10,14,21-22H,2,4,6-8H2,(H2,23,24,25,26)/b26-20+;/t18-,21-,22-,23+,24+,25-,27?,29-,30-,31-;/m0./s1. The molecule has 4 aliphatic carbocycles. The van der Waals surface area contributed by atoms with Crippen molar-refractivity contribution in [1.29, 1.82) is 0 Å². The van der Waals surface area contributed by atoms with E-state index in [0.29, 0.717) is 43.2 Å². The minimum atomic E-state index is -0.953. The molecule has 1 aromatic carbocycles. The van der Waals surface area contributed by atoms with E-state index in [0.717, 1.165) is 95.4 Å². The second kappa shape index (κ2) is 19.3. The molecule has 11 atom stereocenters. The van der Waals surface area contributed by atoms with Gasteiger partial charge in [0.05, 0.1) is 23.4 Å². The van der Waals surface area contributed by atoms with Gasteiger partial charge >= 0.3 is 11.9 Å².